The molecule has 3 nitrogen and oxygen atoms in total. The van der Waals surface area contributed by atoms with Gasteiger partial charge in [0.15, 0.2) is 0 Å². The second kappa shape index (κ2) is 4.77. The van der Waals surface area contributed by atoms with Crippen LogP contribution in [0.4, 0.5) is 14.5 Å². The molecule has 0 saturated carbocycles. The molecule has 2 N–H and O–H groups in total. The number of aromatic nitrogens is 1. The summed E-state index contributed by atoms with van der Waals surface area (Å²) >= 11 is 0. The number of carbonyl (C=O) groups is 1. The number of H-pyrrole nitrogens is 1. The lowest BCUT2D eigenvalue weighted by Crippen LogP contribution is -2.13. The molecule has 0 fully saturated rings. The summed E-state index contributed by atoms with van der Waals surface area (Å²) < 4.78 is 26.3. The molecule has 0 radical (unpaired) electrons. The van der Waals surface area contributed by atoms with Crippen molar-refractivity contribution in [1.82, 2.24) is 4.98 Å². The molecule has 3 rings (SSSR count). The van der Waals surface area contributed by atoms with Crippen LogP contribution in [-0.4, -0.2) is 10.9 Å². The monoisotopic (exact) mass is 272 g/mol. The number of carbonyl (C=O) groups excluding carboxylic acids is 1. The summed E-state index contributed by atoms with van der Waals surface area (Å²) in [7, 11) is 0. The molecule has 1 amide bonds. The van der Waals surface area contributed by atoms with E-state index < -0.39 is 17.5 Å². The fraction of sp³-hybridized carbons (Fsp3) is 0. The van der Waals surface area contributed by atoms with Crippen LogP contribution in [0.25, 0.3) is 10.9 Å². The largest absolute Gasteiger partial charge is 0.361 e. The molecule has 0 saturated heterocycles. The summed E-state index contributed by atoms with van der Waals surface area (Å²) in [6, 6.07) is 10.0. The van der Waals surface area contributed by atoms with Gasteiger partial charge in [-0.1, -0.05) is 0 Å². The zero-order valence-electron chi connectivity index (χ0n) is 10.3. The number of amides is 1. The quantitative estimate of drug-likeness (QED) is 0.734. The van der Waals surface area contributed by atoms with Gasteiger partial charge in [0.25, 0.3) is 5.91 Å². The van der Waals surface area contributed by atoms with Gasteiger partial charge < -0.3 is 10.3 Å². The van der Waals surface area contributed by atoms with Crippen molar-refractivity contribution >= 4 is 22.5 Å². The molecule has 100 valence electrons. The van der Waals surface area contributed by atoms with Gasteiger partial charge in [-0.15, -0.1) is 0 Å². The third-order valence-corrected chi connectivity index (χ3v) is 2.99. The van der Waals surface area contributed by atoms with Crippen LogP contribution in [0.15, 0.2) is 48.7 Å². The minimum atomic E-state index is -0.884. The molecule has 0 aliphatic carbocycles. The van der Waals surface area contributed by atoms with Gasteiger partial charge >= 0.3 is 0 Å². The number of halogens is 2. The Kier molecular flexibility index (Phi) is 2.95. The molecule has 2 aromatic carbocycles. The average molecular weight is 272 g/mol. The highest BCUT2D eigenvalue weighted by molar-refractivity contribution is 6.05. The van der Waals surface area contributed by atoms with Crippen LogP contribution in [-0.2, 0) is 0 Å². The van der Waals surface area contributed by atoms with Gasteiger partial charge in [0.2, 0.25) is 0 Å². The summed E-state index contributed by atoms with van der Waals surface area (Å²) in [5, 5.41) is 3.52. The molecular formula is C15H10F2N2O. The Morgan fingerprint density at radius 3 is 2.70 bits per heavy atom. The zero-order chi connectivity index (χ0) is 14.1. The number of hydrogen-bond donors (Lipinski definition) is 2. The summed E-state index contributed by atoms with van der Waals surface area (Å²) in [5.74, 6) is -2.21. The normalized spacial score (nSPS) is 10.7. The summed E-state index contributed by atoms with van der Waals surface area (Å²) in [6.07, 6.45) is 1.79. The molecule has 1 heterocycles. The first-order valence-corrected chi connectivity index (χ1v) is 5.97. The number of fused-ring (bicyclic) bond motifs is 1. The lowest BCUT2D eigenvalue weighted by Gasteiger charge is -2.06. The Morgan fingerprint density at radius 2 is 1.90 bits per heavy atom. The van der Waals surface area contributed by atoms with Crippen LogP contribution in [0.3, 0.4) is 0 Å². The minimum Gasteiger partial charge on any atom is -0.361 e. The number of rotatable bonds is 2. The van der Waals surface area contributed by atoms with Crippen molar-refractivity contribution in [2.24, 2.45) is 0 Å². The molecule has 1 aromatic heterocycles. The van der Waals surface area contributed by atoms with Gasteiger partial charge in [-0.05, 0) is 36.4 Å². The molecule has 0 aliphatic heterocycles. The standard InChI is InChI=1S/C15H10F2N2O/c16-10-1-3-12(13(17)8-10)15(20)19-11-2-4-14-9(7-11)5-6-18-14/h1-8,18H,(H,19,20). The SMILES string of the molecule is O=C(Nc1ccc2[nH]ccc2c1)c1ccc(F)cc1F. The smallest absolute Gasteiger partial charge is 0.258 e. The first-order valence-electron chi connectivity index (χ1n) is 5.97. The zero-order valence-corrected chi connectivity index (χ0v) is 10.3. The van der Waals surface area contributed by atoms with E-state index >= 15 is 0 Å². The Morgan fingerprint density at radius 1 is 1.05 bits per heavy atom. The lowest BCUT2D eigenvalue weighted by molar-refractivity contribution is 0.102. The summed E-state index contributed by atoms with van der Waals surface area (Å²) in [6.45, 7) is 0. The van der Waals surface area contributed by atoms with Gasteiger partial charge in [-0.2, -0.15) is 0 Å². The maximum absolute atomic E-state index is 13.5. The molecule has 0 spiro atoms. The van der Waals surface area contributed by atoms with Crippen molar-refractivity contribution < 1.29 is 13.6 Å². The Balaban J connectivity index is 1.87. The van der Waals surface area contributed by atoms with Crippen molar-refractivity contribution in [2.45, 2.75) is 0 Å². The van der Waals surface area contributed by atoms with E-state index in [4.69, 9.17) is 0 Å². The first kappa shape index (κ1) is 12.3. The topological polar surface area (TPSA) is 44.9 Å². The number of aromatic amines is 1. The second-order valence-electron chi connectivity index (χ2n) is 4.36. The Bertz CT molecular complexity index is 795. The van der Waals surface area contributed by atoms with Gasteiger partial charge in [0.1, 0.15) is 11.6 Å². The number of hydrogen-bond acceptors (Lipinski definition) is 1. The van der Waals surface area contributed by atoms with Crippen molar-refractivity contribution in [3.05, 3.63) is 65.9 Å². The van der Waals surface area contributed by atoms with Crippen LogP contribution < -0.4 is 5.32 Å². The fourth-order valence-electron chi connectivity index (χ4n) is 2.00. The highest BCUT2D eigenvalue weighted by atomic mass is 19.1. The van der Waals surface area contributed by atoms with E-state index in [0.717, 1.165) is 23.0 Å². The van der Waals surface area contributed by atoms with E-state index in [0.29, 0.717) is 11.8 Å². The highest BCUT2D eigenvalue weighted by Gasteiger charge is 2.12. The van der Waals surface area contributed by atoms with E-state index in [1.807, 2.05) is 12.1 Å². The van der Waals surface area contributed by atoms with Crippen LogP contribution >= 0.6 is 0 Å². The van der Waals surface area contributed by atoms with Crippen LogP contribution in [0.5, 0.6) is 0 Å². The molecule has 0 atom stereocenters. The first-order chi connectivity index (χ1) is 9.63. The minimum absolute atomic E-state index is 0.194. The number of anilines is 1. The average Bonchev–Trinajstić information content (AvgIpc) is 2.85. The molecule has 5 heteroatoms. The van der Waals surface area contributed by atoms with Crippen molar-refractivity contribution in [3.8, 4) is 0 Å². The van der Waals surface area contributed by atoms with E-state index in [9.17, 15) is 13.6 Å². The van der Waals surface area contributed by atoms with Gasteiger partial charge in [-0.25, -0.2) is 8.78 Å². The van der Waals surface area contributed by atoms with E-state index in [2.05, 4.69) is 10.3 Å². The van der Waals surface area contributed by atoms with E-state index in [-0.39, 0.29) is 5.56 Å². The molecule has 0 bridgehead atoms. The number of benzene rings is 2. The third-order valence-electron chi connectivity index (χ3n) is 2.99. The maximum atomic E-state index is 13.5. The van der Waals surface area contributed by atoms with Gasteiger partial charge in [0, 0.05) is 28.9 Å². The highest BCUT2D eigenvalue weighted by Crippen LogP contribution is 2.19. The number of nitrogens with one attached hydrogen (secondary N) is 2. The van der Waals surface area contributed by atoms with Gasteiger partial charge in [-0.3, -0.25) is 4.79 Å². The molecule has 3 aromatic rings. The predicted molar refractivity (Wildman–Crippen MR) is 72.6 cm³/mol. The molecule has 0 aliphatic rings. The van der Waals surface area contributed by atoms with Crippen molar-refractivity contribution in [1.29, 1.82) is 0 Å². The van der Waals surface area contributed by atoms with Gasteiger partial charge in [0.05, 0.1) is 5.56 Å². The van der Waals surface area contributed by atoms with Crippen molar-refractivity contribution in [2.75, 3.05) is 5.32 Å². The Labute approximate surface area is 113 Å². The second-order valence-corrected chi connectivity index (χ2v) is 4.36. The fourth-order valence-corrected chi connectivity index (χ4v) is 2.00. The summed E-state index contributed by atoms with van der Waals surface area (Å²) in [5.41, 5.74) is 1.29. The third kappa shape index (κ3) is 2.25. The van der Waals surface area contributed by atoms with E-state index in [1.54, 1.807) is 18.3 Å². The van der Waals surface area contributed by atoms with Crippen LogP contribution in [0.1, 0.15) is 10.4 Å². The van der Waals surface area contributed by atoms with Crippen LogP contribution in [0, 0.1) is 11.6 Å². The Hall–Kier alpha value is -2.69. The molecule has 0 unspecified atom stereocenters. The van der Waals surface area contributed by atoms with E-state index in [1.165, 1.54) is 0 Å². The van der Waals surface area contributed by atoms with Crippen molar-refractivity contribution in [3.63, 3.8) is 0 Å². The summed E-state index contributed by atoms with van der Waals surface area (Å²) in [4.78, 5) is 15.0. The lowest BCUT2D eigenvalue weighted by atomic mass is 10.1. The maximum Gasteiger partial charge on any atom is 0.258 e. The predicted octanol–water partition coefficient (Wildman–Crippen LogP) is 3.70. The molecule has 20 heavy (non-hydrogen) atoms. The van der Waals surface area contributed by atoms with Crippen LogP contribution in [0.2, 0.25) is 0 Å². The molecular weight excluding hydrogens is 262 g/mol.